The minimum Gasteiger partial charge on any atom is -0.353 e. The number of nitrogens with zero attached hydrogens (tertiary/aromatic N) is 3. The summed E-state index contributed by atoms with van der Waals surface area (Å²) < 4.78 is 2.37. The molecule has 2 aliphatic rings. The Hall–Kier alpha value is -2.04. The lowest BCUT2D eigenvalue weighted by atomic mass is 9.96. The zero-order valence-electron chi connectivity index (χ0n) is 15.9. The normalized spacial score (nSPS) is 18.7. The highest BCUT2D eigenvalue weighted by Crippen LogP contribution is 2.28. The Bertz CT molecular complexity index is 769. The fourth-order valence-corrected chi connectivity index (χ4v) is 3.80. The van der Waals surface area contributed by atoms with Crippen LogP contribution in [0.2, 0.25) is 0 Å². The van der Waals surface area contributed by atoms with Crippen LogP contribution in [0.1, 0.15) is 46.0 Å². The average molecular weight is 354 g/mol. The number of rotatable bonds is 6. The molecular weight excluding hydrogens is 324 g/mol. The summed E-state index contributed by atoms with van der Waals surface area (Å²) in [6, 6.07) is 8.87. The molecule has 0 unspecified atom stereocenters. The highest BCUT2D eigenvalue weighted by molar-refractivity contribution is 5.80. The Morgan fingerprint density at radius 3 is 2.62 bits per heavy atom. The number of aromatic nitrogens is 2. The Morgan fingerprint density at radius 1 is 1.19 bits per heavy atom. The number of imidazole rings is 1. The summed E-state index contributed by atoms with van der Waals surface area (Å²) in [5.41, 5.74) is 2.29. The lowest BCUT2D eigenvalue weighted by Crippen LogP contribution is -2.42. The van der Waals surface area contributed by atoms with Gasteiger partial charge in [0.2, 0.25) is 11.9 Å². The van der Waals surface area contributed by atoms with Gasteiger partial charge in [-0.1, -0.05) is 26.0 Å². The van der Waals surface area contributed by atoms with E-state index in [-0.39, 0.29) is 11.8 Å². The Balaban J connectivity index is 1.49. The fourth-order valence-electron chi connectivity index (χ4n) is 3.80. The van der Waals surface area contributed by atoms with Gasteiger partial charge in [-0.3, -0.25) is 4.79 Å². The lowest BCUT2D eigenvalue weighted by Gasteiger charge is -2.32. The number of hydrogen-bond donors (Lipinski definition) is 1. The molecule has 0 bridgehead atoms. The fraction of sp³-hybridized carbons (Fsp3) is 0.619. The van der Waals surface area contributed by atoms with E-state index in [0.29, 0.717) is 12.0 Å². The smallest absolute Gasteiger partial charge is 0.223 e. The molecule has 5 heteroatoms. The summed E-state index contributed by atoms with van der Waals surface area (Å²) >= 11 is 0. The van der Waals surface area contributed by atoms with E-state index in [4.69, 9.17) is 4.98 Å². The van der Waals surface area contributed by atoms with Crippen LogP contribution >= 0.6 is 0 Å². The maximum Gasteiger partial charge on any atom is 0.223 e. The van der Waals surface area contributed by atoms with Gasteiger partial charge < -0.3 is 14.8 Å². The molecule has 5 nitrogen and oxygen atoms in total. The van der Waals surface area contributed by atoms with Crippen molar-refractivity contribution in [1.82, 2.24) is 14.9 Å². The quantitative estimate of drug-likeness (QED) is 0.863. The van der Waals surface area contributed by atoms with E-state index in [1.165, 1.54) is 5.52 Å². The first-order valence-electron chi connectivity index (χ1n) is 10.1. The highest BCUT2D eigenvalue weighted by Gasteiger charge is 2.31. The van der Waals surface area contributed by atoms with Crippen LogP contribution in [0.4, 0.5) is 5.95 Å². The van der Waals surface area contributed by atoms with Crippen molar-refractivity contribution < 1.29 is 4.79 Å². The number of nitrogens with one attached hydrogen (secondary N) is 1. The van der Waals surface area contributed by atoms with Gasteiger partial charge in [-0.25, -0.2) is 4.98 Å². The number of fused-ring (bicyclic) bond motifs is 1. The third-order valence-corrected chi connectivity index (χ3v) is 5.64. The molecule has 0 spiro atoms. The molecule has 1 amide bonds. The summed E-state index contributed by atoms with van der Waals surface area (Å²) in [6.07, 6.45) is 5.31. The van der Waals surface area contributed by atoms with Crippen LogP contribution in [0.15, 0.2) is 24.3 Å². The number of hydrogen-bond acceptors (Lipinski definition) is 3. The van der Waals surface area contributed by atoms with Gasteiger partial charge in [0.1, 0.15) is 0 Å². The standard InChI is InChI=1S/C21H30N4O/c1-15(2)9-14-25-19-6-4-3-5-18(19)23-21(25)24-12-10-16(11-13-24)20(26)22-17-7-8-17/h3-6,15-17H,7-14H2,1-2H3,(H,22,26). The van der Waals surface area contributed by atoms with E-state index < -0.39 is 0 Å². The topological polar surface area (TPSA) is 50.2 Å². The second-order valence-electron chi connectivity index (χ2n) is 8.28. The van der Waals surface area contributed by atoms with E-state index in [9.17, 15) is 4.79 Å². The van der Waals surface area contributed by atoms with Gasteiger partial charge in [0.25, 0.3) is 0 Å². The van der Waals surface area contributed by atoms with Crippen molar-refractivity contribution in [2.24, 2.45) is 11.8 Å². The molecule has 1 N–H and O–H groups in total. The predicted molar refractivity (Wildman–Crippen MR) is 105 cm³/mol. The third-order valence-electron chi connectivity index (χ3n) is 5.64. The van der Waals surface area contributed by atoms with E-state index in [1.54, 1.807) is 0 Å². The van der Waals surface area contributed by atoms with Crippen LogP contribution in [-0.2, 0) is 11.3 Å². The van der Waals surface area contributed by atoms with Crippen molar-refractivity contribution in [1.29, 1.82) is 0 Å². The number of amides is 1. The van der Waals surface area contributed by atoms with Crippen molar-refractivity contribution in [2.75, 3.05) is 18.0 Å². The lowest BCUT2D eigenvalue weighted by molar-refractivity contribution is -0.125. The first-order valence-corrected chi connectivity index (χ1v) is 10.1. The number of carbonyl (C=O) groups excluding carboxylic acids is 1. The molecular formula is C21H30N4O. The SMILES string of the molecule is CC(C)CCn1c(N2CCC(C(=O)NC3CC3)CC2)nc2ccccc21. The molecule has 1 saturated heterocycles. The summed E-state index contributed by atoms with van der Waals surface area (Å²) in [4.78, 5) is 19.6. The number of benzene rings is 1. The molecule has 1 aromatic heterocycles. The minimum absolute atomic E-state index is 0.167. The summed E-state index contributed by atoms with van der Waals surface area (Å²) in [7, 11) is 0. The molecule has 0 atom stereocenters. The van der Waals surface area contributed by atoms with Gasteiger partial charge in [0, 0.05) is 31.6 Å². The largest absolute Gasteiger partial charge is 0.353 e. The van der Waals surface area contributed by atoms with E-state index in [2.05, 4.69) is 52.9 Å². The second-order valence-corrected chi connectivity index (χ2v) is 8.28. The third kappa shape index (κ3) is 3.71. The number of piperidine rings is 1. The summed E-state index contributed by atoms with van der Waals surface area (Å²) in [6.45, 7) is 7.35. The van der Waals surface area contributed by atoms with Crippen LogP contribution in [0.25, 0.3) is 11.0 Å². The molecule has 26 heavy (non-hydrogen) atoms. The van der Waals surface area contributed by atoms with Crippen molar-refractivity contribution in [3.05, 3.63) is 24.3 Å². The van der Waals surface area contributed by atoms with Crippen LogP contribution in [0.5, 0.6) is 0 Å². The molecule has 0 radical (unpaired) electrons. The van der Waals surface area contributed by atoms with Crippen molar-refractivity contribution in [3.8, 4) is 0 Å². The first kappa shape index (κ1) is 17.4. The van der Waals surface area contributed by atoms with Crippen molar-refractivity contribution >= 4 is 22.9 Å². The maximum atomic E-state index is 12.3. The molecule has 1 aliphatic carbocycles. The molecule has 140 valence electrons. The molecule has 2 aromatic rings. The van der Waals surface area contributed by atoms with Crippen molar-refractivity contribution in [3.63, 3.8) is 0 Å². The monoisotopic (exact) mass is 354 g/mol. The highest BCUT2D eigenvalue weighted by atomic mass is 16.2. The van der Waals surface area contributed by atoms with E-state index in [1.807, 2.05) is 0 Å². The Labute approximate surface area is 155 Å². The van der Waals surface area contributed by atoms with Gasteiger partial charge >= 0.3 is 0 Å². The van der Waals surface area contributed by atoms with Crippen LogP contribution in [0.3, 0.4) is 0 Å². The minimum atomic E-state index is 0.167. The van der Waals surface area contributed by atoms with Gasteiger partial charge in [-0.2, -0.15) is 0 Å². The average Bonchev–Trinajstić information content (AvgIpc) is 3.38. The number of anilines is 1. The molecule has 1 saturated carbocycles. The first-order chi connectivity index (χ1) is 12.6. The summed E-state index contributed by atoms with van der Waals surface area (Å²) in [5, 5.41) is 3.17. The van der Waals surface area contributed by atoms with Gasteiger partial charge in [-0.05, 0) is 50.2 Å². The zero-order chi connectivity index (χ0) is 18.1. The number of carbonyl (C=O) groups is 1. The molecule has 1 aromatic carbocycles. The molecule has 1 aliphatic heterocycles. The number of aryl methyl sites for hydroxylation is 1. The van der Waals surface area contributed by atoms with Gasteiger partial charge in [0.05, 0.1) is 11.0 Å². The van der Waals surface area contributed by atoms with Crippen LogP contribution in [-0.4, -0.2) is 34.6 Å². The number of para-hydroxylation sites is 2. The predicted octanol–water partition coefficient (Wildman–Crippen LogP) is 3.58. The molecule has 4 rings (SSSR count). The van der Waals surface area contributed by atoms with E-state index >= 15 is 0 Å². The summed E-state index contributed by atoms with van der Waals surface area (Å²) in [5.74, 6) is 2.18. The van der Waals surface area contributed by atoms with Gasteiger partial charge in [-0.15, -0.1) is 0 Å². The van der Waals surface area contributed by atoms with Crippen LogP contribution in [0, 0.1) is 11.8 Å². The Kier molecular flexibility index (Phi) is 4.88. The van der Waals surface area contributed by atoms with Gasteiger partial charge in [0.15, 0.2) is 0 Å². The zero-order valence-corrected chi connectivity index (χ0v) is 15.9. The van der Waals surface area contributed by atoms with E-state index in [0.717, 1.165) is 63.2 Å². The second kappa shape index (κ2) is 7.29. The van der Waals surface area contributed by atoms with Crippen LogP contribution < -0.4 is 10.2 Å². The molecule has 2 heterocycles. The Morgan fingerprint density at radius 2 is 1.92 bits per heavy atom. The van der Waals surface area contributed by atoms with Crippen molar-refractivity contribution in [2.45, 2.75) is 58.5 Å². The molecule has 2 fully saturated rings. The maximum absolute atomic E-state index is 12.3.